The van der Waals surface area contributed by atoms with Crippen molar-refractivity contribution in [1.29, 1.82) is 0 Å². The molecule has 2 aliphatic heterocycles. The third-order valence-corrected chi connectivity index (χ3v) is 3.70. The molecule has 0 bridgehead atoms. The van der Waals surface area contributed by atoms with Gasteiger partial charge in [0.2, 0.25) is 0 Å². The Morgan fingerprint density at radius 3 is 2.91 bits per heavy atom. The minimum atomic E-state index is -0.444. The predicted molar refractivity (Wildman–Crippen MR) is 77.9 cm³/mol. The lowest BCUT2D eigenvalue weighted by Gasteiger charge is -2.32. The third-order valence-electron chi connectivity index (χ3n) is 3.70. The van der Waals surface area contributed by atoms with Gasteiger partial charge in [-0.25, -0.2) is 9.59 Å². The van der Waals surface area contributed by atoms with Gasteiger partial charge >= 0.3 is 11.9 Å². The third kappa shape index (κ3) is 2.50. The largest absolute Gasteiger partial charge is 0.465 e. The lowest BCUT2D eigenvalue weighted by molar-refractivity contribution is -0.137. The summed E-state index contributed by atoms with van der Waals surface area (Å²) in [4.78, 5) is 23.8. The Balaban J connectivity index is 2.00. The number of ether oxygens (including phenoxy) is 3. The highest BCUT2D eigenvalue weighted by molar-refractivity contribution is 5.95. The van der Waals surface area contributed by atoms with Crippen molar-refractivity contribution in [3.05, 3.63) is 53.0 Å². The van der Waals surface area contributed by atoms with Crippen LogP contribution in [0.1, 0.15) is 31.7 Å². The van der Waals surface area contributed by atoms with E-state index >= 15 is 0 Å². The Morgan fingerprint density at radius 2 is 2.14 bits per heavy atom. The van der Waals surface area contributed by atoms with Crippen LogP contribution in [0.4, 0.5) is 0 Å². The molecular formula is C17H16O5. The van der Waals surface area contributed by atoms with Gasteiger partial charge in [-0.15, -0.1) is 0 Å². The summed E-state index contributed by atoms with van der Waals surface area (Å²) in [7, 11) is 0. The second kappa shape index (κ2) is 5.67. The Hall–Kier alpha value is -2.56. The number of carbonyl (C=O) groups excluding carboxylic acids is 2. The summed E-state index contributed by atoms with van der Waals surface area (Å²) in [5.74, 6) is 0.524. The molecule has 2 heterocycles. The summed E-state index contributed by atoms with van der Waals surface area (Å²) in [6.07, 6.45) is 1.77. The second-order valence-electron chi connectivity index (χ2n) is 5.12. The summed E-state index contributed by atoms with van der Waals surface area (Å²) >= 11 is 0. The molecule has 0 amide bonds. The molecule has 1 aromatic carbocycles. The molecule has 22 heavy (non-hydrogen) atoms. The fourth-order valence-corrected chi connectivity index (χ4v) is 2.81. The van der Waals surface area contributed by atoms with Crippen LogP contribution in [0.15, 0.2) is 47.4 Å². The van der Waals surface area contributed by atoms with Gasteiger partial charge in [0, 0.05) is 17.9 Å². The zero-order chi connectivity index (χ0) is 15.7. The van der Waals surface area contributed by atoms with Crippen molar-refractivity contribution in [2.24, 2.45) is 0 Å². The minimum Gasteiger partial charge on any atom is -0.465 e. The molecule has 1 unspecified atom stereocenters. The number of para-hydroxylation sites is 1. The number of esters is 2. The van der Waals surface area contributed by atoms with Crippen LogP contribution in [0.5, 0.6) is 5.75 Å². The van der Waals surface area contributed by atoms with E-state index in [4.69, 9.17) is 14.2 Å². The highest BCUT2D eigenvalue weighted by Gasteiger charge is 2.38. The number of rotatable bonds is 2. The summed E-state index contributed by atoms with van der Waals surface area (Å²) < 4.78 is 15.8. The monoisotopic (exact) mass is 300 g/mol. The number of carbonyl (C=O) groups is 2. The van der Waals surface area contributed by atoms with Crippen molar-refractivity contribution in [3.8, 4) is 5.75 Å². The molecule has 0 saturated carbocycles. The molecule has 0 N–H and O–H groups in total. The van der Waals surface area contributed by atoms with Gasteiger partial charge in [0.1, 0.15) is 17.3 Å². The van der Waals surface area contributed by atoms with Gasteiger partial charge in [-0.2, -0.15) is 0 Å². The number of hydrogen-bond donors (Lipinski definition) is 0. The quantitative estimate of drug-likeness (QED) is 0.477. The van der Waals surface area contributed by atoms with Crippen molar-refractivity contribution in [2.75, 3.05) is 6.61 Å². The van der Waals surface area contributed by atoms with Gasteiger partial charge < -0.3 is 14.2 Å². The van der Waals surface area contributed by atoms with Crippen LogP contribution in [0.3, 0.4) is 0 Å². The molecule has 0 fully saturated rings. The number of allylic oxidation sites excluding steroid dienone is 2. The van der Waals surface area contributed by atoms with Crippen LogP contribution in [0, 0.1) is 0 Å². The summed E-state index contributed by atoms with van der Waals surface area (Å²) in [5, 5.41) is 0. The summed E-state index contributed by atoms with van der Waals surface area (Å²) in [6, 6.07) is 7.41. The maximum absolute atomic E-state index is 12.2. The Morgan fingerprint density at radius 1 is 1.36 bits per heavy atom. The van der Waals surface area contributed by atoms with Crippen molar-refractivity contribution >= 4 is 11.9 Å². The smallest absolute Gasteiger partial charge is 0.343 e. The molecule has 2 aliphatic rings. The normalized spacial score (nSPS) is 21.6. The van der Waals surface area contributed by atoms with E-state index in [1.807, 2.05) is 18.2 Å². The van der Waals surface area contributed by atoms with E-state index in [1.54, 1.807) is 19.9 Å². The van der Waals surface area contributed by atoms with Crippen LogP contribution in [0.2, 0.25) is 0 Å². The van der Waals surface area contributed by atoms with Crippen molar-refractivity contribution in [3.63, 3.8) is 0 Å². The van der Waals surface area contributed by atoms with Gasteiger partial charge in [0.25, 0.3) is 0 Å². The van der Waals surface area contributed by atoms with E-state index < -0.39 is 11.9 Å². The van der Waals surface area contributed by atoms with Gasteiger partial charge in [0.05, 0.1) is 18.3 Å². The van der Waals surface area contributed by atoms with Crippen molar-refractivity contribution in [2.45, 2.75) is 26.2 Å². The van der Waals surface area contributed by atoms with Crippen LogP contribution in [-0.2, 0) is 19.1 Å². The standard InChI is InChI=1S/C17H16O5/c1-3-20-15(18)9-11-8-13-12-6-4-5-7-14(12)22-17(19)16(13)10(2)21-11/h4-7,9,13H,3,8H2,1-2H3/b11-9+. The molecule has 114 valence electrons. The van der Waals surface area contributed by atoms with Crippen molar-refractivity contribution in [1.82, 2.24) is 0 Å². The first-order chi connectivity index (χ1) is 10.6. The molecule has 0 saturated heterocycles. The molecule has 5 nitrogen and oxygen atoms in total. The maximum Gasteiger partial charge on any atom is 0.343 e. The highest BCUT2D eigenvalue weighted by atomic mass is 16.5. The number of fused-ring (bicyclic) bond motifs is 3. The van der Waals surface area contributed by atoms with E-state index in [0.717, 1.165) is 5.56 Å². The van der Waals surface area contributed by atoms with E-state index in [2.05, 4.69) is 0 Å². The van der Waals surface area contributed by atoms with Crippen LogP contribution in [-0.4, -0.2) is 18.5 Å². The number of hydrogen-bond acceptors (Lipinski definition) is 5. The molecule has 0 aromatic heterocycles. The zero-order valence-corrected chi connectivity index (χ0v) is 12.4. The fraction of sp³-hybridized carbons (Fsp3) is 0.294. The summed E-state index contributed by atoms with van der Waals surface area (Å²) in [6.45, 7) is 3.76. The highest BCUT2D eigenvalue weighted by Crippen LogP contribution is 2.45. The molecule has 1 atom stereocenters. The second-order valence-corrected chi connectivity index (χ2v) is 5.12. The average Bonchev–Trinajstić information content (AvgIpc) is 2.47. The van der Waals surface area contributed by atoms with E-state index in [9.17, 15) is 9.59 Å². The van der Waals surface area contributed by atoms with Gasteiger partial charge in [0.15, 0.2) is 0 Å². The molecule has 0 radical (unpaired) electrons. The molecule has 5 heteroatoms. The first-order valence-electron chi connectivity index (χ1n) is 7.17. The Labute approximate surface area is 128 Å². The topological polar surface area (TPSA) is 61.8 Å². The van der Waals surface area contributed by atoms with Crippen molar-refractivity contribution < 1.29 is 23.8 Å². The Kier molecular flexibility index (Phi) is 3.71. The van der Waals surface area contributed by atoms with E-state index in [-0.39, 0.29) is 5.92 Å². The number of benzene rings is 1. The van der Waals surface area contributed by atoms with E-state index in [0.29, 0.717) is 35.9 Å². The van der Waals surface area contributed by atoms with Gasteiger partial charge in [-0.3, -0.25) is 0 Å². The van der Waals surface area contributed by atoms with Crippen LogP contribution >= 0.6 is 0 Å². The maximum atomic E-state index is 12.2. The van der Waals surface area contributed by atoms with Gasteiger partial charge in [-0.1, -0.05) is 18.2 Å². The lowest BCUT2D eigenvalue weighted by Crippen LogP contribution is -2.28. The first kappa shape index (κ1) is 14.4. The van der Waals surface area contributed by atoms with Gasteiger partial charge in [-0.05, 0) is 19.9 Å². The van der Waals surface area contributed by atoms with Crippen LogP contribution in [0.25, 0.3) is 0 Å². The molecule has 1 aromatic rings. The van der Waals surface area contributed by atoms with E-state index in [1.165, 1.54) is 6.08 Å². The fourth-order valence-electron chi connectivity index (χ4n) is 2.81. The minimum absolute atomic E-state index is 0.160. The SMILES string of the molecule is CCOC(=O)/C=C1\CC2C(=C(C)O1)C(=O)Oc1ccccc12. The zero-order valence-electron chi connectivity index (χ0n) is 12.4. The molecule has 3 rings (SSSR count). The predicted octanol–water partition coefficient (Wildman–Crippen LogP) is 2.83. The average molecular weight is 300 g/mol. The molecule has 0 aliphatic carbocycles. The molecular weight excluding hydrogens is 284 g/mol. The van der Waals surface area contributed by atoms with Crippen LogP contribution < -0.4 is 4.74 Å². The molecule has 0 spiro atoms. The Bertz CT molecular complexity index is 699. The summed E-state index contributed by atoms with van der Waals surface area (Å²) in [5.41, 5.74) is 1.44. The first-order valence-corrected chi connectivity index (χ1v) is 7.17. The lowest BCUT2D eigenvalue weighted by atomic mass is 9.83.